The lowest BCUT2D eigenvalue weighted by atomic mass is 9.85. The van der Waals surface area contributed by atoms with Gasteiger partial charge in [-0.15, -0.1) is 5.10 Å². The number of hydrogen-bond acceptors (Lipinski definition) is 6. The van der Waals surface area contributed by atoms with Crippen LogP contribution in [0, 0.1) is 0 Å². The Kier molecular flexibility index (Phi) is 7.20. The summed E-state index contributed by atoms with van der Waals surface area (Å²) in [5.41, 5.74) is 3.28. The van der Waals surface area contributed by atoms with E-state index >= 15 is 0 Å². The molecule has 0 spiro atoms. The van der Waals surface area contributed by atoms with Gasteiger partial charge in [-0.1, -0.05) is 60.7 Å². The Bertz CT molecular complexity index is 1280. The number of nitrogens with zero attached hydrogens (tertiary/aromatic N) is 5. The number of aromatic nitrogens is 4. The molecule has 0 bridgehead atoms. The van der Waals surface area contributed by atoms with E-state index in [1.165, 1.54) is 17.2 Å². The molecule has 2 heterocycles. The molecule has 1 fully saturated rings. The van der Waals surface area contributed by atoms with Gasteiger partial charge in [0.1, 0.15) is 5.75 Å². The van der Waals surface area contributed by atoms with Gasteiger partial charge in [0.15, 0.2) is 0 Å². The van der Waals surface area contributed by atoms with E-state index in [0.29, 0.717) is 36.7 Å². The lowest BCUT2D eigenvalue weighted by Crippen LogP contribution is -2.44. The van der Waals surface area contributed by atoms with Crippen molar-refractivity contribution in [1.29, 1.82) is 0 Å². The summed E-state index contributed by atoms with van der Waals surface area (Å²) in [6.45, 7) is 2.32. The molecule has 192 valence electrons. The molecule has 1 unspecified atom stereocenters. The Labute approximate surface area is 212 Å². The van der Waals surface area contributed by atoms with Gasteiger partial charge in [0, 0.05) is 31.1 Å². The zero-order valence-corrected chi connectivity index (χ0v) is 20.2. The van der Waals surface area contributed by atoms with E-state index in [1.807, 2.05) is 36.4 Å². The number of ether oxygens (including phenoxy) is 2. The third kappa shape index (κ3) is 5.50. The summed E-state index contributed by atoms with van der Waals surface area (Å²) in [4.78, 5) is 2.24. The van der Waals surface area contributed by atoms with Crippen molar-refractivity contribution < 1.29 is 22.6 Å². The summed E-state index contributed by atoms with van der Waals surface area (Å²) >= 11 is 0. The summed E-state index contributed by atoms with van der Waals surface area (Å²) in [5.74, 6) is -0.561. The quantitative estimate of drug-likeness (QED) is 0.359. The molecule has 1 aromatic heterocycles. The molecule has 1 atom stereocenters. The molecule has 0 N–H and O–H groups in total. The molecular formula is C27H26F3N5O2. The van der Waals surface area contributed by atoms with Gasteiger partial charge in [0.05, 0.1) is 25.5 Å². The smallest absolute Gasteiger partial charge is 0.453 e. The van der Waals surface area contributed by atoms with Crippen LogP contribution >= 0.6 is 0 Å². The summed E-state index contributed by atoms with van der Waals surface area (Å²) in [6.07, 6.45) is -4.78. The zero-order valence-electron chi connectivity index (χ0n) is 20.2. The molecule has 3 aromatic carbocycles. The summed E-state index contributed by atoms with van der Waals surface area (Å²) in [5, 5.41) is 9.94. The van der Waals surface area contributed by atoms with E-state index in [2.05, 4.69) is 44.7 Å². The Morgan fingerprint density at radius 2 is 1.68 bits per heavy atom. The van der Waals surface area contributed by atoms with Crippen LogP contribution in [0.4, 0.5) is 13.2 Å². The number of morpholine rings is 1. The van der Waals surface area contributed by atoms with Crippen LogP contribution in [0.5, 0.6) is 5.75 Å². The Morgan fingerprint density at radius 3 is 2.30 bits per heavy atom. The molecule has 5 rings (SSSR count). The second-order valence-corrected chi connectivity index (χ2v) is 8.85. The fraction of sp³-hybridized carbons (Fsp3) is 0.296. The van der Waals surface area contributed by atoms with Gasteiger partial charge in [0.2, 0.25) is 0 Å². The first-order valence-electron chi connectivity index (χ1n) is 11.9. The maximum atomic E-state index is 13.4. The molecule has 0 saturated carbocycles. The van der Waals surface area contributed by atoms with Crippen molar-refractivity contribution in [3.8, 4) is 11.4 Å². The van der Waals surface area contributed by atoms with Crippen LogP contribution in [0.25, 0.3) is 5.69 Å². The van der Waals surface area contributed by atoms with E-state index in [9.17, 15) is 13.2 Å². The highest BCUT2D eigenvalue weighted by molar-refractivity contribution is 5.44. The molecule has 0 amide bonds. The lowest BCUT2D eigenvalue weighted by Gasteiger charge is -2.37. The average Bonchev–Trinajstić information content (AvgIpc) is 3.42. The average molecular weight is 510 g/mol. The van der Waals surface area contributed by atoms with Crippen LogP contribution in [0.1, 0.15) is 28.4 Å². The van der Waals surface area contributed by atoms with E-state index in [-0.39, 0.29) is 17.7 Å². The highest BCUT2D eigenvalue weighted by atomic mass is 19.4. The molecule has 0 radical (unpaired) electrons. The second kappa shape index (κ2) is 10.7. The molecular weight excluding hydrogens is 483 g/mol. The molecule has 1 saturated heterocycles. The van der Waals surface area contributed by atoms with Gasteiger partial charge < -0.3 is 9.47 Å². The fourth-order valence-corrected chi connectivity index (χ4v) is 4.82. The molecule has 0 aliphatic carbocycles. The third-order valence-electron chi connectivity index (χ3n) is 6.49. The topological polar surface area (TPSA) is 65.3 Å². The van der Waals surface area contributed by atoms with Gasteiger partial charge in [0.25, 0.3) is 5.82 Å². The second-order valence-electron chi connectivity index (χ2n) is 8.85. The van der Waals surface area contributed by atoms with Crippen LogP contribution < -0.4 is 4.74 Å². The number of rotatable bonds is 7. The summed E-state index contributed by atoms with van der Waals surface area (Å²) < 4.78 is 52.6. The molecule has 10 heteroatoms. The molecule has 4 aromatic rings. The maximum absolute atomic E-state index is 13.4. The predicted molar refractivity (Wildman–Crippen MR) is 130 cm³/mol. The SMILES string of the molecule is COc1ccc(-n2nnnc2C(F)(F)F)cc1CN1CCOC(C(c2ccccc2)c2ccccc2)C1. The monoisotopic (exact) mass is 509 g/mol. The number of tetrazole rings is 1. The number of hydrogen-bond donors (Lipinski definition) is 0. The number of halogens is 3. The minimum absolute atomic E-state index is 0.0361. The van der Waals surface area contributed by atoms with Crippen molar-refractivity contribution in [2.75, 3.05) is 26.8 Å². The van der Waals surface area contributed by atoms with E-state index in [0.717, 1.165) is 5.56 Å². The van der Waals surface area contributed by atoms with Gasteiger partial charge >= 0.3 is 6.18 Å². The Morgan fingerprint density at radius 1 is 1.00 bits per heavy atom. The summed E-state index contributed by atoms with van der Waals surface area (Å²) in [6, 6.07) is 25.3. The van der Waals surface area contributed by atoms with Crippen molar-refractivity contribution in [1.82, 2.24) is 25.1 Å². The first-order valence-corrected chi connectivity index (χ1v) is 11.9. The largest absolute Gasteiger partial charge is 0.496 e. The molecule has 1 aliphatic heterocycles. The maximum Gasteiger partial charge on any atom is 0.453 e. The minimum Gasteiger partial charge on any atom is -0.496 e. The van der Waals surface area contributed by atoms with Crippen LogP contribution in [0.3, 0.4) is 0 Å². The van der Waals surface area contributed by atoms with Crippen LogP contribution in [0.15, 0.2) is 78.9 Å². The Balaban J connectivity index is 1.42. The van der Waals surface area contributed by atoms with E-state index in [4.69, 9.17) is 9.47 Å². The van der Waals surface area contributed by atoms with E-state index < -0.39 is 12.0 Å². The normalized spacial score (nSPS) is 16.7. The van der Waals surface area contributed by atoms with Crippen LogP contribution in [-0.2, 0) is 17.5 Å². The van der Waals surface area contributed by atoms with Crippen molar-refractivity contribution in [3.63, 3.8) is 0 Å². The predicted octanol–water partition coefficient (Wildman–Crippen LogP) is 4.72. The van der Waals surface area contributed by atoms with Crippen molar-refractivity contribution in [2.45, 2.75) is 24.7 Å². The Hall–Kier alpha value is -3.76. The number of benzene rings is 3. The van der Waals surface area contributed by atoms with Gasteiger partial charge in [-0.05, 0) is 39.8 Å². The number of alkyl halides is 3. The minimum atomic E-state index is -4.68. The van der Waals surface area contributed by atoms with Crippen molar-refractivity contribution in [3.05, 3.63) is 101 Å². The molecule has 1 aliphatic rings. The standard InChI is InChI=1S/C27H26F3N5O2/c1-36-23-13-12-22(35-26(27(28,29)30)31-32-33-35)16-21(23)17-34-14-15-37-24(18-34)25(19-8-4-2-5-9-19)20-10-6-3-7-11-20/h2-13,16,24-25H,14-15,17-18H2,1H3. The first-order chi connectivity index (χ1) is 17.9. The zero-order chi connectivity index (χ0) is 25.8. The highest BCUT2D eigenvalue weighted by Crippen LogP contribution is 2.33. The molecule has 37 heavy (non-hydrogen) atoms. The van der Waals surface area contributed by atoms with Gasteiger partial charge in [-0.2, -0.15) is 17.9 Å². The highest BCUT2D eigenvalue weighted by Gasteiger charge is 2.38. The lowest BCUT2D eigenvalue weighted by molar-refractivity contribution is -0.146. The summed E-state index contributed by atoms with van der Waals surface area (Å²) in [7, 11) is 1.54. The van der Waals surface area contributed by atoms with Crippen LogP contribution in [-0.4, -0.2) is 58.0 Å². The molecule has 7 nitrogen and oxygen atoms in total. The van der Waals surface area contributed by atoms with Gasteiger partial charge in [-0.25, -0.2) is 0 Å². The van der Waals surface area contributed by atoms with Crippen molar-refractivity contribution in [2.24, 2.45) is 0 Å². The van der Waals surface area contributed by atoms with Crippen LogP contribution in [0.2, 0.25) is 0 Å². The number of methoxy groups -OCH3 is 1. The first kappa shape index (κ1) is 24.9. The fourth-order valence-electron chi connectivity index (χ4n) is 4.82. The van der Waals surface area contributed by atoms with Gasteiger partial charge in [-0.3, -0.25) is 4.90 Å². The van der Waals surface area contributed by atoms with E-state index in [1.54, 1.807) is 19.2 Å². The van der Waals surface area contributed by atoms with Crippen molar-refractivity contribution >= 4 is 0 Å². The third-order valence-corrected chi connectivity index (χ3v) is 6.49.